The van der Waals surface area contributed by atoms with E-state index >= 15 is 0 Å². The summed E-state index contributed by atoms with van der Waals surface area (Å²) in [5, 5.41) is 12.8. The van der Waals surface area contributed by atoms with E-state index in [-0.39, 0.29) is 12.0 Å². The molecular weight excluding hydrogens is 278 g/mol. The third-order valence-corrected chi connectivity index (χ3v) is 4.88. The van der Waals surface area contributed by atoms with Gasteiger partial charge < -0.3 is 19.9 Å². The summed E-state index contributed by atoms with van der Waals surface area (Å²) in [7, 11) is 0. The lowest BCUT2D eigenvalue weighted by molar-refractivity contribution is -0.128. The van der Waals surface area contributed by atoms with Crippen LogP contribution in [0.2, 0.25) is 0 Å². The van der Waals surface area contributed by atoms with Gasteiger partial charge in [-0.15, -0.1) is 0 Å². The summed E-state index contributed by atoms with van der Waals surface area (Å²) in [6, 6.07) is 8.13. The maximum atomic E-state index is 9.41. The molecule has 2 aliphatic rings. The summed E-state index contributed by atoms with van der Waals surface area (Å²) in [5.74, 6) is 1.68. The Morgan fingerprint density at radius 2 is 1.86 bits per heavy atom. The minimum absolute atomic E-state index is 0.101. The van der Waals surface area contributed by atoms with Crippen molar-refractivity contribution in [2.75, 3.05) is 38.3 Å². The van der Waals surface area contributed by atoms with E-state index < -0.39 is 0 Å². The molecule has 0 atom stereocenters. The van der Waals surface area contributed by atoms with Crippen LogP contribution < -0.4 is 10.1 Å². The van der Waals surface area contributed by atoms with Gasteiger partial charge in [-0.25, -0.2) is 0 Å². The van der Waals surface area contributed by atoms with Crippen LogP contribution in [0, 0.1) is 11.3 Å². The van der Waals surface area contributed by atoms with Gasteiger partial charge in [-0.05, 0) is 43.0 Å². The van der Waals surface area contributed by atoms with Gasteiger partial charge in [-0.2, -0.15) is 0 Å². The molecule has 4 heteroatoms. The number of hydrogen-bond acceptors (Lipinski definition) is 4. The Hall–Kier alpha value is -1.26. The normalized spacial score (nSPS) is 21.1. The minimum atomic E-state index is -0.101. The van der Waals surface area contributed by atoms with E-state index in [1.54, 1.807) is 0 Å². The second kappa shape index (κ2) is 7.34. The van der Waals surface area contributed by atoms with Gasteiger partial charge in [-0.1, -0.05) is 19.3 Å². The van der Waals surface area contributed by atoms with Crippen LogP contribution in [0.25, 0.3) is 0 Å². The first-order valence-corrected chi connectivity index (χ1v) is 8.45. The van der Waals surface area contributed by atoms with Crippen molar-refractivity contribution in [2.45, 2.75) is 32.1 Å². The van der Waals surface area contributed by atoms with Crippen molar-refractivity contribution >= 4 is 5.69 Å². The number of ether oxygens (including phenoxy) is 2. The summed E-state index contributed by atoms with van der Waals surface area (Å²) in [4.78, 5) is 0. The molecule has 122 valence electrons. The summed E-state index contributed by atoms with van der Waals surface area (Å²) < 4.78 is 11.1. The highest BCUT2D eigenvalue weighted by atomic mass is 16.5. The van der Waals surface area contributed by atoms with Crippen molar-refractivity contribution in [1.29, 1.82) is 0 Å². The van der Waals surface area contributed by atoms with Crippen LogP contribution >= 0.6 is 0 Å². The molecule has 1 aromatic rings. The Bertz CT molecular complexity index is 444. The molecule has 1 aliphatic carbocycles. The molecule has 2 fully saturated rings. The summed E-state index contributed by atoms with van der Waals surface area (Å²) in [6.45, 7) is 3.03. The molecule has 1 heterocycles. The van der Waals surface area contributed by atoms with E-state index in [2.05, 4.69) is 5.32 Å². The van der Waals surface area contributed by atoms with Crippen molar-refractivity contribution in [3.8, 4) is 5.75 Å². The second-order valence-corrected chi connectivity index (χ2v) is 6.84. The monoisotopic (exact) mass is 305 g/mol. The van der Waals surface area contributed by atoms with Crippen molar-refractivity contribution < 1.29 is 14.6 Å². The fraction of sp³-hybridized carbons (Fsp3) is 0.667. The van der Waals surface area contributed by atoms with Crippen LogP contribution in [0.15, 0.2) is 24.3 Å². The van der Waals surface area contributed by atoms with E-state index in [0.29, 0.717) is 13.2 Å². The number of hydrogen-bond donors (Lipinski definition) is 2. The highest BCUT2D eigenvalue weighted by Gasteiger charge is 2.37. The Morgan fingerprint density at radius 1 is 1.14 bits per heavy atom. The number of rotatable bonds is 7. The van der Waals surface area contributed by atoms with Crippen molar-refractivity contribution in [3.05, 3.63) is 24.3 Å². The first-order valence-electron chi connectivity index (χ1n) is 8.45. The highest BCUT2D eigenvalue weighted by molar-refractivity contribution is 5.46. The van der Waals surface area contributed by atoms with Gasteiger partial charge >= 0.3 is 0 Å². The standard InChI is InChI=1S/C18H27NO3/c20-12-18(13-21-14-18)11-19-16-6-8-17(9-7-16)22-10-15-4-2-1-3-5-15/h6-9,15,19-20H,1-5,10-14H2. The SMILES string of the molecule is OCC1(CNc2ccc(OCC3CCCCC3)cc2)COC1. The molecule has 1 saturated carbocycles. The van der Waals surface area contributed by atoms with E-state index in [9.17, 15) is 5.11 Å². The van der Waals surface area contributed by atoms with Gasteiger partial charge in [0.1, 0.15) is 5.75 Å². The van der Waals surface area contributed by atoms with Gasteiger partial charge in [0.05, 0.1) is 31.8 Å². The average Bonchev–Trinajstić information content (AvgIpc) is 2.54. The highest BCUT2D eigenvalue weighted by Crippen LogP contribution is 2.28. The second-order valence-electron chi connectivity index (χ2n) is 6.84. The summed E-state index contributed by atoms with van der Waals surface area (Å²) in [5.41, 5.74) is 0.959. The number of aliphatic hydroxyl groups excluding tert-OH is 1. The molecule has 0 radical (unpaired) electrons. The predicted molar refractivity (Wildman–Crippen MR) is 87.3 cm³/mol. The molecule has 0 amide bonds. The average molecular weight is 305 g/mol. The smallest absolute Gasteiger partial charge is 0.119 e. The molecule has 22 heavy (non-hydrogen) atoms. The van der Waals surface area contributed by atoms with Crippen molar-refractivity contribution in [1.82, 2.24) is 0 Å². The van der Waals surface area contributed by atoms with E-state index in [0.717, 1.165) is 30.5 Å². The predicted octanol–water partition coefficient (Wildman–Crippen LogP) is 3.07. The summed E-state index contributed by atoms with van der Waals surface area (Å²) in [6.07, 6.45) is 6.72. The maximum Gasteiger partial charge on any atom is 0.119 e. The fourth-order valence-corrected chi connectivity index (χ4v) is 3.17. The molecule has 0 bridgehead atoms. The molecule has 1 aliphatic heterocycles. The van der Waals surface area contributed by atoms with Gasteiger partial charge in [0.25, 0.3) is 0 Å². The molecular formula is C18H27NO3. The number of anilines is 1. The third kappa shape index (κ3) is 3.93. The lowest BCUT2D eigenvalue weighted by Crippen LogP contribution is -2.50. The van der Waals surface area contributed by atoms with Gasteiger partial charge in [-0.3, -0.25) is 0 Å². The molecule has 4 nitrogen and oxygen atoms in total. The first kappa shape index (κ1) is 15.6. The van der Waals surface area contributed by atoms with E-state index in [1.165, 1.54) is 32.1 Å². The Labute approximate surface area is 132 Å². The molecule has 3 rings (SSSR count). The van der Waals surface area contributed by atoms with Crippen LogP contribution in [-0.4, -0.2) is 38.1 Å². The van der Waals surface area contributed by atoms with Crippen LogP contribution in [0.4, 0.5) is 5.69 Å². The summed E-state index contributed by atoms with van der Waals surface area (Å²) >= 11 is 0. The van der Waals surface area contributed by atoms with Gasteiger partial charge in [0.2, 0.25) is 0 Å². The zero-order valence-corrected chi connectivity index (χ0v) is 13.2. The molecule has 1 saturated heterocycles. The van der Waals surface area contributed by atoms with Gasteiger partial charge in [0, 0.05) is 12.2 Å². The zero-order chi connectivity index (χ0) is 15.3. The lowest BCUT2D eigenvalue weighted by atomic mass is 9.87. The van der Waals surface area contributed by atoms with Gasteiger partial charge in [0.15, 0.2) is 0 Å². The number of aliphatic hydroxyl groups is 1. The Balaban J connectivity index is 1.43. The van der Waals surface area contributed by atoms with Crippen LogP contribution in [0.5, 0.6) is 5.75 Å². The van der Waals surface area contributed by atoms with E-state index in [1.807, 2.05) is 24.3 Å². The Kier molecular flexibility index (Phi) is 5.21. The number of benzene rings is 1. The largest absolute Gasteiger partial charge is 0.493 e. The number of nitrogens with one attached hydrogen (secondary N) is 1. The van der Waals surface area contributed by atoms with Crippen LogP contribution in [0.3, 0.4) is 0 Å². The van der Waals surface area contributed by atoms with E-state index in [4.69, 9.17) is 9.47 Å². The quantitative estimate of drug-likeness (QED) is 0.813. The molecule has 0 aromatic heterocycles. The topological polar surface area (TPSA) is 50.7 Å². The molecule has 1 aromatic carbocycles. The molecule has 0 unspecified atom stereocenters. The van der Waals surface area contributed by atoms with Crippen LogP contribution in [0.1, 0.15) is 32.1 Å². The zero-order valence-electron chi connectivity index (χ0n) is 13.2. The maximum absolute atomic E-state index is 9.41. The van der Waals surface area contributed by atoms with Crippen molar-refractivity contribution in [2.24, 2.45) is 11.3 Å². The Morgan fingerprint density at radius 3 is 2.45 bits per heavy atom. The van der Waals surface area contributed by atoms with Crippen molar-refractivity contribution in [3.63, 3.8) is 0 Å². The minimum Gasteiger partial charge on any atom is -0.493 e. The molecule has 0 spiro atoms. The first-order chi connectivity index (χ1) is 10.8. The molecule has 2 N–H and O–H groups in total. The third-order valence-electron chi connectivity index (χ3n) is 4.88. The van der Waals surface area contributed by atoms with Crippen LogP contribution in [-0.2, 0) is 4.74 Å². The fourth-order valence-electron chi connectivity index (χ4n) is 3.17. The lowest BCUT2D eigenvalue weighted by Gasteiger charge is -2.40.